The highest BCUT2D eigenvalue weighted by molar-refractivity contribution is 5.33. The molecule has 0 bridgehead atoms. The molecule has 0 radical (unpaired) electrons. The molecule has 1 aromatic carbocycles. The number of allylic oxidation sites excluding steroid dienone is 2. The molecule has 26 heavy (non-hydrogen) atoms. The normalized spacial score (nSPS) is 16.3. The Bertz CT molecular complexity index is 491. The van der Waals surface area contributed by atoms with Gasteiger partial charge in [0.25, 0.3) is 0 Å². The Balaban J connectivity index is 1.43. The van der Waals surface area contributed by atoms with Gasteiger partial charge >= 0.3 is 0 Å². The molecule has 1 saturated heterocycles. The molecule has 1 unspecified atom stereocenters. The molecule has 0 saturated carbocycles. The van der Waals surface area contributed by atoms with Crippen molar-refractivity contribution in [3.8, 4) is 5.75 Å². The van der Waals surface area contributed by atoms with Crippen LogP contribution in [0.2, 0.25) is 0 Å². The second kappa shape index (κ2) is 13.9. The van der Waals surface area contributed by atoms with E-state index in [1.54, 1.807) is 0 Å². The van der Waals surface area contributed by atoms with Gasteiger partial charge in [-0.25, -0.2) is 0 Å². The topological polar surface area (TPSA) is 21.8 Å². The first kappa shape index (κ1) is 21.0. The maximum absolute atomic E-state index is 5.89. The number of unbranched alkanes of at least 4 members (excludes halogenated alkanes) is 9. The highest BCUT2D eigenvalue weighted by Crippen LogP contribution is 2.22. The molecule has 146 valence electrons. The summed E-state index contributed by atoms with van der Waals surface area (Å²) < 4.78 is 11.1. The van der Waals surface area contributed by atoms with Crippen LogP contribution in [0.5, 0.6) is 5.75 Å². The van der Waals surface area contributed by atoms with Gasteiger partial charge in [0.15, 0.2) is 0 Å². The van der Waals surface area contributed by atoms with Gasteiger partial charge in [0.1, 0.15) is 18.5 Å². The minimum Gasteiger partial charge on any atom is -0.491 e. The van der Waals surface area contributed by atoms with E-state index in [0.717, 1.165) is 18.8 Å². The minimum atomic E-state index is 0.329. The van der Waals surface area contributed by atoms with Crippen LogP contribution in [0.25, 0.3) is 0 Å². The van der Waals surface area contributed by atoms with E-state index in [1.807, 2.05) is 0 Å². The summed E-state index contributed by atoms with van der Waals surface area (Å²) >= 11 is 0. The molecule has 0 aliphatic carbocycles. The minimum absolute atomic E-state index is 0.329. The van der Waals surface area contributed by atoms with Crippen molar-refractivity contribution in [2.75, 3.05) is 13.2 Å². The zero-order chi connectivity index (χ0) is 18.3. The number of hydrogen-bond donors (Lipinski definition) is 0. The summed E-state index contributed by atoms with van der Waals surface area (Å²) in [4.78, 5) is 0. The predicted octanol–water partition coefficient (Wildman–Crippen LogP) is 6.87. The van der Waals surface area contributed by atoms with Gasteiger partial charge in [0.05, 0.1) is 6.61 Å². The molecular formula is C24H38O2. The fourth-order valence-corrected chi connectivity index (χ4v) is 3.22. The molecule has 1 fully saturated rings. The fourth-order valence-electron chi connectivity index (χ4n) is 3.22. The molecule has 0 spiro atoms. The lowest BCUT2D eigenvalue weighted by atomic mass is 10.0. The Morgan fingerprint density at radius 3 is 2.31 bits per heavy atom. The molecule has 1 atom stereocenters. The van der Waals surface area contributed by atoms with E-state index in [2.05, 4.69) is 43.3 Å². The number of benzene rings is 1. The zero-order valence-corrected chi connectivity index (χ0v) is 16.8. The van der Waals surface area contributed by atoms with Gasteiger partial charge in [0, 0.05) is 0 Å². The quantitative estimate of drug-likeness (QED) is 0.183. The molecule has 0 N–H and O–H groups in total. The zero-order valence-electron chi connectivity index (χ0n) is 16.8. The van der Waals surface area contributed by atoms with Crippen molar-refractivity contribution in [2.24, 2.45) is 0 Å². The number of para-hydroxylation sites is 1. The second-order valence-corrected chi connectivity index (χ2v) is 7.50. The Morgan fingerprint density at radius 1 is 0.923 bits per heavy atom. The largest absolute Gasteiger partial charge is 0.491 e. The van der Waals surface area contributed by atoms with Crippen LogP contribution < -0.4 is 4.74 Å². The van der Waals surface area contributed by atoms with E-state index >= 15 is 0 Å². The molecule has 2 heteroatoms. The summed E-state index contributed by atoms with van der Waals surface area (Å²) in [6.07, 6.45) is 20.9. The van der Waals surface area contributed by atoms with Gasteiger partial charge in [-0.2, -0.15) is 0 Å². The van der Waals surface area contributed by atoms with Gasteiger partial charge in [-0.15, -0.1) is 0 Å². The van der Waals surface area contributed by atoms with Crippen molar-refractivity contribution in [1.82, 2.24) is 0 Å². The Kier molecular flexibility index (Phi) is 11.2. The van der Waals surface area contributed by atoms with Crippen LogP contribution in [-0.4, -0.2) is 19.3 Å². The lowest BCUT2D eigenvalue weighted by Crippen LogP contribution is -2.05. The predicted molar refractivity (Wildman–Crippen MR) is 111 cm³/mol. The first-order valence-corrected chi connectivity index (χ1v) is 10.9. The molecule has 1 heterocycles. The summed E-state index contributed by atoms with van der Waals surface area (Å²) in [5, 5.41) is 0. The second-order valence-electron chi connectivity index (χ2n) is 7.50. The van der Waals surface area contributed by atoms with Crippen LogP contribution in [0, 0.1) is 0 Å². The average Bonchev–Trinajstić information content (AvgIpc) is 3.49. The van der Waals surface area contributed by atoms with Gasteiger partial charge in [0.2, 0.25) is 0 Å². The van der Waals surface area contributed by atoms with Gasteiger partial charge in [-0.1, -0.05) is 82.2 Å². The van der Waals surface area contributed by atoms with Crippen molar-refractivity contribution in [1.29, 1.82) is 0 Å². The van der Waals surface area contributed by atoms with E-state index in [1.165, 1.54) is 76.2 Å². The maximum Gasteiger partial charge on any atom is 0.122 e. The summed E-state index contributed by atoms with van der Waals surface area (Å²) in [5.74, 6) is 1.05. The number of rotatable bonds is 16. The van der Waals surface area contributed by atoms with E-state index in [4.69, 9.17) is 9.47 Å². The molecule has 0 aromatic heterocycles. The van der Waals surface area contributed by atoms with E-state index in [9.17, 15) is 0 Å². The van der Waals surface area contributed by atoms with Crippen LogP contribution >= 0.6 is 0 Å². The third-order valence-corrected chi connectivity index (χ3v) is 5.01. The monoisotopic (exact) mass is 358 g/mol. The van der Waals surface area contributed by atoms with Crippen molar-refractivity contribution in [3.05, 3.63) is 42.0 Å². The van der Waals surface area contributed by atoms with Gasteiger partial charge in [-0.3, -0.25) is 0 Å². The van der Waals surface area contributed by atoms with E-state index in [0.29, 0.717) is 12.7 Å². The lowest BCUT2D eigenvalue weighted by Gasteiger charge is -2.10. The van der Waals surface area contributed by atoms with Crippen LogP contribution in [-0.2, 0) is 11.2 Å². The van der Waals surface area contributed by atoms with Crippen LogP contribution in [0.15, 0.2) is 36.4 Å². The van der Waals surface area contributed by atoms with Crippen LogP contribution in [0.1, 0.15) is 83.1 Å². The molecule has 1 aliphatic heterocycles. The summed E-state index contributed by atoms with van der Waals surface area (Å²) in [6.45, 7) is 3.81. The Morgan fingerprint density at radius 2 is 1.58 bits per heavy atom. The first-order valence-electron chi connectivity index (χ1n) is 10.9. The highest BCUT2D eigenvalue weighted by atomic mass is 16.6. The molecule has 2 rings (SSSR count). The molecular weight excluding hydrogens is 320 g/mol. The number of aryl methyl sites for hydroxylation is 1. The van der Waals surface area contributed by atoms with Gasteiger partial charge < -0.3 is 9.47 Å². The number of hydrogen-bond acceptors (Lipinski definition) is 2. The highest BCUT2D eigenvalue weighted by Gasteiger charge is 2.23. The van der Waals surface area contributed by atoms with E-state index in [-0.39, 0.29) is 0 Å². The Hall–Kier alpha value is -1.28. The number of epoxide rings is 1. The van der Waals surface area contributed by atoms with Crippen molar-refractivity contribution in [2.45, 2.75) is 90.1 Å². The Labute approximate surface area is 161 Å². The summed E-state index contributed by atoms with van der Waals surface area (Å²) in [6, 6.07) is 8.48. The third kappa shape index (κ3) is 10.0. The van der Waals surface area contributed by atoms with E-state index < -0.39 is 0 Å². The molecule has 1 aliphatic rings. The van der Waals surface area contributed by atoms with Crippen molar-refractivity contribution < 1.29 is 9.47 Å². The number of ether oxygens (including phenoxy) is 2. The first-order chi connectivity index (χ1) is 12.9. The van der Waals surface area contributed by atoms with Crippen molar-refractivity contribution >= 4 is 0 Å². The average molecular weight is 359 g/mol. The standard InChI is InChI=1S/C24H38O2/c1-2-3-4-5-6-7-8-9-10-11-12-13-14-17-22-18-15-16-19-24(22)26-21-23-20-25-23/h5-6,15-16,18-19,23H,2-4,7-14,17,20-21H2,1H3/b6-5+. The van der Waals surface area contributed by atoms with Crippen LogP contribution in [0.4, 0.5) is 0 Å². The maximum atomic E-state index is 5.89. The third-order valence-electron chi connectivity index (χ3n) is 5.01. The smallest absolute Gasteiger partial charge is 0.122 e. The summed E-state index contributed by atoms with van der Waals surface area (Å²) in [5.41, 5.74) is 1.35. The molecule has 2 nitrogen and oxygen atoms in total. The summed E-state index contributed by atoms with van der Waals surface area (Å²) in [7, 11) is 0. The van der Waals surface area contributed by atoms with Gasteiger partial charge in [-0.05, 0) is 43.7 Å². The lowest BCUT2D eigenvalue weighted by molar-refractivity contribution is 0.261. The molecule has 0 amide bonds. The van der Waals surface area contributed by atoms with Crippen molar-refractivity contribution in [3.63, 3.8) is 0 Å². The fraction of sp³-hybridized carbons (Fsp3) is 0.667. The van der Waals surface area contributed by atoms with Crippen LogP contribution in [0.3, 0.4) is 0 Å². The molecule has 1 aromatic rings. The SMILES string of the molecule is CCCC/C=C/CCCCCCCCCc1ccccc1OCC1CO1.